The Morgan fingerprint density at radius 3 is 2.69 bits per heavy atom. The number of benzene rings is 1. The van der Waals surface area contributed by atoms with Gasteiger partial charge in [-0.2, -0.15) is 0 Å². The largest absolute Gasteiger partial charge is 0.310 e. The van der Waals surface area contributed by atoms with E-state index in [1.807, 2.05) is 0 Å². The molecule has 1 heteroatoms. The Morgan fingerprint density at radius 1 is 1.23 bits per heavy atom. The molecule has 1 nitrogen and oxygen atoms in total. The molecule has 1 unspecified atom stereocenters. The maximum absolute atomic E-state index is 3.57. The molecule has 0 amide bonds. The van der Waals surface area contributed by atoms with E-state index in [1.165, 1.54) is 24.9 Å². The molecule has 70 valence electrons. The summed E-state index contributed by atoms with van der Waals surface area (Å²) < 4.78 is 0. The first-order valence-electron chi connectivity index (χ1n) is 5.14. The first-order valence-corrected chi connectivity index (χ1v) is 5.14. The Morgan fingerprint density at radius 2 is 2.00 bits per heavy atom. The number of hydrogen-bond acceptors (Lipinski definition) is 1. The monoisotopic (exact) mass is 175 g/mol. The highest BCUT2D eigenvalue weighted by Gasteiger charge is 2.18. The SMILES string of the molecule is C[C@@H]1CCNC(c2ccccc2)C1. The van der Waals surface area contributed by atoms with Gasteiger partial charge in [0.2, 0.25) is 0 Å². The van der Waals surface area contributed by atoms with E-state index in [2.05, 4.69) is 42.6 Å². The lowest BCUT2D eigenvalue weighted by atomic mass is 9.90. The van der Waals surface area contributed by atoms with Crippen molar-refractivity contribution >= 4 is 0 Å². The molecule has 0 aromatic heterocycles. The smallest absolute Gasteiger partial charge is 0.0322 e. The topological polar surface area (TPSA) is 12.0 Å². The van der Waals surface area contributed by atoms with Crippen LogP contribution in [0.5, 0.6) is 0 Å². The lowest BCUT2D eigenvalue weighted by molar-refractivity contribution is 0.325. The van der Waals surface area contributed by atoms with E-state index >= 15 is 0 Å². The van der Waals surface area contributed by atoms with Gasteiger partial charge in [0.25, 0.3) is 0 Å². The maximum Gasteiger partial charge on any atom is 0.0322 e. The van der Waals surface area contributed by atoms with Crippen molar-refractivity contribution < 1.29 is 0 Å². The average molecular weight is 175 g/mol. The Balaban J connectivity index is 2.08. The average Bonchev–Trinajstić information content (AvgIpc) is 2.19. The van der Waals surface area contributed by atoms with Crippen LogP contribution < -0.4 is 5.32 Å². The lowest BCUT2D eigenvalue weighted by Crippen LogP contribution is -2.30. The molecule has 0 saturated carbocycles. The van der Waals surface area contributed by atoms with E-state index in [-0.39, 0.29) is 0 Å². The molecule has 1 N–H and O–H groups in total. The Bertz CT molecular complexity index is 255. The third-order valence-electron chi connectivity index (χ3n) is 2.87. The van der Waals surface area contributed by atoms with Gasteiger partial charge >= 0.3 is 0 Å². The van der Waals surface area contributed by atoms with Gasteiger partial charge in [0.15, 0.2) is 0 Å². The van der Waals surface area contributed by atoms with Crippen LogP contribution >= 0.6 is 0 Å². The van der Waals surface area contributed by atoms with Gasteiger partial charge < -0.3 is 5.32 Å². The molecule has 2 rings (SSSR count). The van der Waals surface area contributed by atoms with Gasteiger partial charge in [-0.1, -0.05) is 37.3 Å². The summed E-state index contributed by atoms with van der Waals surface area (Å²) >= 11 is 0. The quantitative estimate of drug-likeness (QED) is 0.692. The van der Waals surface area contributed by atoms with Crippen LogP contribution in [0.15, 0.2) is 30.3 Å². The van der Waals surface area contributed by atoms with E-state index in [0.717, 1.165) is 5.92 Å². The Kier molecular flexibility index (Phi) is 2.65. The summed E-state index contributed by atoms with van der Waals surface area (Å²) in [5.41, 5.74) is 1.44. The van der Waals surface area contributed by atoms with Crippen LogP contribution in [0.25, 0.3) is 0 Å². The first-order chi connectivity index (χ1) is 6.36. The fourth-order valence-corrected chi connectivity index (χ4v) is 2.05. The van der Waals surface area contributed by atoms with E-state index in [0.29, 0.717) is 6.04 Å². The van der Waals surface area contributed by atoms with Crippen LogP contribution in [0, 0.1) is 5.92 Å². The molecule has 1 aliphatic heterocycles. The van der Waals surface area contributed by atoms with Crippen molar-refractivity contribution in [3.05, 3.63) is 35.9 Å². The molecule has 0 aliphatic carbocycles. The minimum absolute atomic E-state index is 0.588. The van der Waals surface area contributed by atoms with Crippen LogP contribution in [-0.2, 0) is 0 Å². The molecular weight excluding hydrogens is 158 g/mol. The summed E-state index contributed by atoms with van der Waals surface area (Å²) in [6.45, 7) is 3.51. The van der Waals surface area contributed by atoms with Gasteiger partial charge in [-0.05, 0) is 30.9 Å². The minimum atomic E-state index is 0.588. The second-order valence-corrected chi connectivity index (χ2v) is 4.05. The summed E-state index contributed by atoms with van der Waals surface area (Å²) in [5.74, 6) is 0.867. The van der Waals surface area contributed by atoms with Crippen LogP contribution in [0.2, 0.25) is 0 Å². The normalized spacial score (nSPS) is 28.7. The standard InChI is InChI=1S/C12H17N/c1-10-7-8-13-12(9-10)11-5-3-2-4-6-11/h2-6,10,12-13H,7-9H2,1H3/t10-,12?/m1/s1. The zero-order chi connectivity index (χ0) is 9.10. The van der Waals surface area contributed by atoms with E-state index in [9.17, 15) is 0 Å². The molecule has 13 heavy (non-hydrogen) atoms. The number of piperidine rings is 1. The molecule has 1 aromatic carbocycles. The van der Waals surface area contributed by atoms with Gasteiger partial charge in [0.1, 0.15) is 0 Å². The van der Waals surface area contributed by atoms with Crippen molar-refractivity contribution in [3.8, 4) is 0 Å². The maximum atomic E-state index is 3.57. The summed E-state index contributed by atoms with van der Waals surface area (Å²) in [7, 11) is 0. The highest BCUT2D eigenvalue weighted by atomic mass is 14.9. The van der Waals surface area contributed by atoms with E-state index in [1.54, 1.807) is 0 Å². The Labute approximate surface area is 80.2 Å². The highest BCUT2D eigenvalue weighted by Crippen LogP contribution is 2.26. The molecule has 0 radical (unpaired) electrons. The zero-order valence-corrected chi connectivity index (χ0v) is 8.16. The number of hydrogen-bond donors (Lipinski definition) is 1. The van der Waals surface area contributed by atoms with Crippen LogP contribution in [0.1, 0.15) is 31.4 Å². The highest BCUT2D eigenvalue weighted by molar-refractivity contribution is 5.19. The van der Waals surface area contributed by atoms with Gasteiger partial charge in [0.05, 0.1) is 0 Å². The van der Waals surface area contributed by atoms with Crippen molar-refractivity contribution in [3.63, 3.8) is 0 Å². The fraction of sp³-hybridized carbons (Fsp3) is 0.500. The zero-order valence-electron chi connectivity index (χ0n) is 8.16. The second kappa shape index (κ2) is 3.93. The predicted molar refractivity (Wildman–Crippen MR) is 55.6 cm³/mol. The van der Waals surface area contributed by atoms with Crippen molar-refractivity contribution in [2.24, 2.45) is 5.92 Å². The fourth-order valence-electron chi connectivity index (χ4n) is 2.05. The van der Waals surface area contributed by atoms with Crippen LogP contribution in [0.3, 0.4) is 0 Å². The van der Waals surface area contributed by atoms with Crippen molar-refractivity contribution in [1.82, 2.24) is 5.32 Å². The molecule has 1 saturated heterocycles. The van der Waals surface area contributed by atoms with E-state index < -0.39 is 0 Å². The summed E-state index contributed by atoms with van der Waals surface area (Å²) in [6, 6.07) is 11.3. The molecular formula is C12H17N. The first kappa shape index (κ1) is 8.76. The summed E-state index contributed by atoms with van der Waals surface area (Å²) in [5, 5.41) is 3.57. The number of rotatable bonds is 1. The molecule has 1 aromatic rings. The van der Waals surface area contributed by atoms with Crippen molar-refractivity contribution in [1.29, 1.82) is 0 Å². The summed E-state index contributed by atoms with van der Waals surface area (Å²) in [6.07, 6.45) is 2.60. The van der Waals surface area contributed by atoms with Gasteiger partial charge in [0, 0.05) is 6.04 Å². The number of nitrogens with one attached hydrogen (secondary N) is 1. The molecule has 0 bridgehead atoms. The second-order valence-electron chi connectivity index (χ2n) is 4.05. The molecule has 0 spiro atoms. The molecule has 1 heterocycles. The van der Waals surface area contributed by atoms with Crippen molar-refractivity contribution in [2.75, 3.05) is 6.54 Å². The predicted octanol–water partition coefficient (Wildman–Crippen LogP) is 2.75. The van der Waals surface area contributed by atoms with E-state index in [4.69, 9.17) is 0 Å². The van der Waals surface area contributed by atoms with Crippen molar-refractivity contribution in [2.45, 2.75) is 25.8 Å². The minimum Gasteiger partial charge on any atom is -0.310 e. The third kappa shape index (κ3) is 2.10. The van der Waals surface area contributed by atoms with Crippen LogP contribution in [0.4, 0.5) is 0 Å². The summed E-state index contributed by atoms with van der Waals surface area (Å²) in [4.78, 5) is 0. The van der Waals surface area contributed by atoms with Crippen LogP contribution in [-0.4, -0.2) is 6.54 Å². The lowest BCUT2D eigenvalue weighted by Gasteiger charge is -2.28. The third-order valence-corrected chi connectivity index (χ3v) is 2.87. The molecule has 2 atom stereocenters. The van der Waals surface area contributed by atoms with Gasteiger partial charge in [-0.3, -0.25) is 0 Å². The Hall–Kier alpha value is -0.820. The van der Waals surface area contributed by atoms with Gasteiger partial charge in [-0.15, -0.1) is 0 Å². The molecule has 1 aliphatic rings. The molecule has 1 fully saturated rings. The van der Waals surface area contributed by atoms with Gasteiger partial charge in [-0.25, -0.2) is 0 Å².